The molecule has 0 radical (unpaired) electrons. The monoisotopic (exact) mass is 302 g/mol. The lowest BCUT2D eigenvalue weighted by atomic mass is 10.0. The minimum absolute atomic E-state index is 0. The first-order chi connectivity index (χ1) is 9.41. The predicted octanol–water partition coefficient (Wildman–Crippen LogP) is 3.33. The summed E-state index contributed by atoms with van der Waals surface area (Å²) < 4.78 is 0. The van der Waals surface area contributed by atoms with E-state index in [1.54, 1.807) is 6.20 Å². The second kappa shape index (κ2) is 21.1. The van der Waals surface area contributed by atoms with Crippen molar-refractivity contribution in [2.45, 2.75) is 103 Å². The van der Waals surface area contributed by atoms with Crippen molar-refractivity contribution in [2.24, 2.45) is 5.73 Å². The fraction of sp³-hybridized carbons (Fsp3) is 0.889. The summed E-state index contributed by atoms with van der Waals surface area (Å²) in [5.41, 5.74) is 5.30. The Kier molecular flexibility index (Phi) is 23.4. The van der Waals surface area contributed by atoms with Crippen LogP contribution in [0, 0.1) is 0 Å². The van der Waals surface area contributed by atoms with Crippen LogP contribution in [0.15, 0.2) is 12.3 Å². The van der Waals surface area contributed by atoms with Gasteiger partial charge in [-0.05, 0) is 19.0 Å². The van der Waals surface area contributed by atoms with Gasteiger partial charge in [0.05, 0.1) is 0 Å². The summed E-state index contributed by atoms with van der Waals surface area (Å²) in [5, 5.41) is 0. The van der Waals surface area contributed by atoms with E-state index >= 15 is 0 Å². The predicted molar refractivity (Wildman–Crippen MR) is 88.3 cm³/mol. The van der Waals surface area contributed by atoms with Crippen molar-refractivity contribution < 1.29 is 12.4 Å². The lowest BCUT2D eigenvalue weighted by Gasteiger charge is -2.02. The summed E-state index contributed by atoms with van der Waals surface area (Å²) in [6, 6.07) is 0. The highest BCUT2D eigenvalue weighted by atomic mass is 35.5. The van der Waals surface area contributed by atoms with Gasteiger partial charge in [-0.1, -0.05) is 96.5 Å². The van der Waals surface area contributed by atoms with E-state index < -0.39 is 0 Å². The van der Waals surface area contributed by atoms with Crippen LogP contribution in [0.3, 0.4) is 0 Å². The maximum absolute atomic E-state index is 5.30. The van der Waals surface area contributed by atoms with Crippen LogP contribution in [0.4, 0.5) is 0 Å². The molecule has 0 spiro atoms. The summed E-state index contributed by atoms with van der Waals surface area (Å²) in [5.74, 6) is 0. The van der Waals surface area contributed by atoms with Gasteiger partial charge in [0.15, 0.2) is 0 Å². The van der Waals surface area contributed by atoms with E-state index in [0.717, 1.165) is 6.42 Å². The summed E-state index contributed by atoms with van der Waals surface area (Å²) in [6.07, 6.45) is 24.9. The van der Waals surface area contributed by atoms with E-state index in [0.29, 0.717) is 0 Å². The molecule has 0 saturated heterocycles. The molecule has 0 rings (SSSR count). The number of hydrogen-bond donors (Lipinski definition) is 1. The molecule has 2 heteroatoms. The molecule has 0 fully saturated rings. The SMILES string of the molecule is CCCCCCCCCCCCCCCC/C=C/N.[Cl-]. The quantitative estimate of drug-likeness (QED) is 0.461. The summed E-state index contributed by atoms with van der Waals surface area (Å²) in [4.78, 5) is 0. The normalized spacial score (nSPS) is 10.8. The van der Waals surface area contributed by atoms with Gasteiger partial charge < -0.3 is 18.1 Å². The number of allylic oxidation sites excluding steroid dienone is 1. The van der Waals surface area contributed by atoms with Gasteiger partial charge in [0.1, 0.15) is 0 Å². The molecule has 122 valence electrons. The van der Waals surface area contributed by atoms with Gasteiger partial charge in [-0.2, -0.15) is 0 Å². The van der Waals surface area contributed by atoms with E-state index in [9.17, 15) is 0 Å². The molecule has 1 nitrogen and oxygen atoms in total. The molecular weight excluding hydrogens is 266 g/mol. The zero-order valence-corrected chi connectivity index (χ0v) is 14.5. The Balaban J connectivity index is 0. The summed E-state index contributed by atoms with van der Waals surface area (Å²) in [7, 11) is 0. The van der Waals surface area contributed by atoms with Crippen molar-refractivity contribution in [3.63, 3.8) is 0 Å². The summed E-state index contributed by atoms with van der Waals surface area (Å²) >= 11 is 0. The van der Waals surface area contributed by atoms with Gasteiger partial charge >= 0.3 is 0 Å². The average Bonchev–Trinajstić information content (AvgIpc) is 2.43. The third-order valence-corrected chi connectivity index (χ3v) is 3.86. The van der Waals surface area contributed by atoms with Crippen LogP contribution < -0.4 is 18.1 Å². The van der Waals surface area contributed by atoms with Crippen LogP contribution in [0.2, 0.25) is 0 Å². The first kappa shape index (κ1) is 22.1. The van der Waals surface area contributed by atoms with Crippen molar-refractivity contribution in [3.8, 4) is 0 Å². The third kappa shape index (κ3) is 20.2. The highest BCUT2D eigenvalue weighted by Gasteiger charge is 1.93. The number of nitrogens with two attached hydrogens (primary N) is 1. The highest BCUT2D eigenvalue weighted by Crippen LogP contribution is 2.13. The van der Waals surface area contributed by atoms with Crippen molar-refractivity contribution in [2.75, 3.05) is 0 Å². The van der Waals surface area contributed by atoms with Crippen LogP contribution in [0.1, 0.15) is 103 Å². The highest BCUT2D eigenvalue weighted by molar-refractivity contribution is 4.74. The van der Waals surface area contributed by atoms with Crippen molar-refractivity contribution in [1.82, 2.24) is 0 Å². The van der Waals surface area contributed by atoms with Crippen LogP contribution in [-0.2, 0) is 0 Å². The molecule has 0 aromatic carbocycles. The molecule has 0 atom stereocenters. The van der Waals surface area contributed by atoms with E-state index in [-0.39, 0.29) is 12.4 Å². The largest absolute Gasteiger partial charge is 1.00 e. The molecule has 0 aliphatic heterocycles. The van der Waals surface area contributed by atoms with Crippen molar-refractivity contribution >= 4 is 0 Å². The molecule has 0 amide bonds. The Morgan fingerprint density at radius 2 is 0.950 bits per heavy atom. The Hall–Kier alpha value is -0.170. The third-order valence-electron chi connectivity index (χ3n) is 3.86. The maximum Gasteiger partial charge on any atom is -0.0103 e. The van der Waals surface area contributed by atoms with E-state index in [2.05, 4.69) is 13.0 Å². The molecule has 0 aromatic rings. The van der Waals surface area contributed by atoms with Gasteiger partial charge in [-0.25, -0.2) is 0 Å². The van der Waals surface area contributed by atoms with Gasteiger partial charge in [-0.3, -0.25) is 0 Å². The Morgan fingerprint density at radius 3 is 1.30 bits per heavy atom. The van der Waals surface area contributed by atoms with E-state index in [1.165, 1.54) is 89.9 Å². The van der Waals surface area contributed by atoms with Crippen molar-refractivity contribution in [1.29, 1.82) is 0 Å². The number of hydrogen-bond acceptors (Lipinski definition) is 1. The molecule has 0 aliphatic rings. The molecule has 0 unspecified atom stereocenters. The Morgan fingerprint density at radius 1 is 0.600 bits per heavy atom. The Labute approximate surface area is 134 Å². The van der Waals surface area contributed by atoms with Gasteiger partial charge in [-0.15, -0.1) is 0 Å². The van der Waals surface area contributed by atoms with E-state index in [1.807, 2.05) is 0 Å². The molecule has 0 heterocycles. The zero-order valence-electron chi connectivity index (χ0n) is 13.7. The van der Waals surface area contributed by atoms with Gasteiger partial charge in [0, 0.05) is 0 Å². The lowest BCUT2D eigenvalue weighted by molar-refractivity contribution is -0.00000433. The van der Waals surface area contributed by atoms with Crippen molar-refractivity contribution in [3.05, 3.63) is 12.3 Å². The average molecular weight is 303 g/mol. The summed E-state index contributed by atoms with van der Waals surface area (Å²) in [6.45, 7) is 2.29. The van der Waals surface area contributed by atoms with E-state index in [4.69, 9.17) is 5.73 Å². The fourth-order valence-corrected chi connectivity index (χ4v) is 2.55. The molecule has 0 aromatic heterocycles. The first-order valence-corrected chi connectivity index (χ1v) is 8.78. The second-order valence-corrected chi connectivity index (χ2v) is 5.81. The first-order valence-electron chi connectivity index (χ1n) is 8.78. The topological polar surface area (TPSA) is 26.0 Å². The molecule has 0 aliphatic carbocycles. The van der Waals surface area contributed by atoms with Crippen LogP contribution in [-0.4, -0.2) is 0 Å². The van der Waals surface area contributed by atoms with Crippen LogP contribution >= 0.6 is 0 Å². The second-order valence-electron chi connectivity index (χ2n) is 5.81. The van der Waals surface area contributed by atoms with Gasteiger partial charge in [0.2, 0.25) is 0 Å². The minimum Gasteiger partial charge on any atom is -1.00 e. The smallest absolute Gasteiger partial charge is 0.0103 e. The lowest BCUT2D eigenvalue weighted by Crippen LogP contribution is -3.00. The molecule has 2 N–H and O–H groups in total. The maximum atomic E-state index is 5.30. The van der Waals surface area contributed by atoms with Crippen LogP contribution in [0.25, 0.3) is 0 Å². The van der Waals surface area contributed by atoms with Gasteiger partial charge in [0.25, 0.3) is 0 Å². The standard InChI is InChI=1S/C18H37N.ClH/c1-2-3-4-5-6-7-8-9-10-11-12-13-14-15-16-17-18-19;/h17-18H,2-16,19H2,1H3;1H/p-1/b18-17+;. The minimum atomic E-state index is 0. The molecule has 20 heavy (non-hydrogen) atoms. The number of unbranched alkanes of at least 4 members (excludes halogenated alkanes) is 14. The van der Waals surface area contributed by atoms with Crippen LogP contribution in [0.5, 0.6) is 0 Å². The number of halogens is 1. The fourth-order valence-electron chi connectivity index (χ4n) is 2.55. The molecular formula is C18H37ClN-. The molecule has 0 bridgehead atoms. The Bertz CT molecular complexity index is 180. The molecule has 0 saturated carbocycles. The zero-order chi connectivity index (χ0) is 14.0. The number of rotatable bonds is 15.